The van der Waals surface area contributed by atoms with E-state index in [4.69, 9.17) is 4.74 Å². The van der Waals surface area contributed by atoms with Crippen LogP contribution in [-0.4, -0.2) is 39.1 Å². The number of carbonyl (C=O) groups is 1. The Labute approximate surface area is 154 Å². The molecule has 1 fully saturated rings. The summed E-state index contributed by atoms with van der Waals surface area (Å²) >= 11 is 0. The van der Waals surface area contributed by atoms with Crippen LogP contribution in [0.25, 0.3) is 0 Å². The Balaban J connectivity index is 1.57. The average Bonchev–Trinajstić information content (AvgIpc) is 3.20. The Kier molecular flexibility index (Phi) is 5.11. The molecule has 2 heterocycles. The first-order valence-electron chi connectivity index (χ1n) is 8.90. The maximum absolute atomic E-state index is 12.0. The second-order valence-electron chi connectivity index (χ2n) is 7.69. The van der Waals surface area contributed by atoms with Gasteiger partial charge in [0.2, 0.25) is 5.91 Å². The van der Waals surface area contributed by atoms with E-state index in [2.05, 4.69) is 54.7 Å². The lowest BCUT2D eigenvalue weighted by molar-refractivity contribution is -0.127. The van der Waals surface area contributed by atoms with Crippen LogP contribution in [0.1, 0.15) is 50.3 Å². The molecule has 138 valence electrons. The molecule has 0 saturated carbocycles. The van der Waals surface area contributed by atoms with E-state index in [-0.39, 0.29) is 17.2 Å². The molecule has 1 amide bonds. The number of nitrogens with zero attached hydrogens (tertiary/aromatic N) is 3. The minimum absolute atomic E-state index is 0.0264. The highest BCUT2D eigenvalue weighted by molar-refractivity contribution is 5.79. The van der Waals surface area contributed by atoms with Crippen LogP contribution in [0, 0.1) is 0 Å². The Morgan fingerprint density at radius 1 is 1.35 bits per heavy atom. The van der Waals surface area contributed by atoms with Crippen molar-refractivity contribution in [2.45, 2.75) is 45.1 Å². The second kappa shape index (κ2) is 7.32. The lowest BCUT2D eigenvalue weighted by Gasteiger charge is -2.19. The van der Waals surface area contributed by atoms with E-state index in [1.807, 2.05) is 12.1 Å². The molecule has 1 aromatic carbocycles. The number of hydrogen-bond donors (Lipinski definition) is 1. The SMILES string of the molecule is C=CCN1C[C@H](c2n[nH]c(COc3ccc(C(C)(C)C)cc3)n2)CC1=O. The van der Waals surface area contributed by atoms with E-state index in [0.717, 1.165) is 5.75 Å². The molecule has 3 rings (SSSR count). The van der Waals surface area contributed by atoms with Gasteiger partial charge in [0.15, 0.2) is 11.6 Å². The van der Waals surface area contributed by atoms with Gasteiger partial charge in [0.05, 0.1) is 0 Å². The zero-order chi connectivity index (χ0) is 18.7. The van der Waals surface area contributed by atoms with Gasteiger partial charge in [-0.2, -0.15) is 5.10 Å². The number of benzene rings is 1. The zero-order valence-corrected chi connectivity index (χ0v) is 15.7. The van der Waals surface area contributed by atoms with Gasteiger partial charge in [-0.15, -0.1) is 6.58 Å². The van der Waals surface area contributed by atoms with Crippen molar-refractivity contribution >= 4 is 5.91 Å². The molecular formula is C20H26N4O2. The fourth-order valence-electron chi connectivity index (χ4n) is 3.04. The molecule has 2 aromatic rings. The highest BCUT2D eigenvalue weighted by Gasteiger charge is 2.32. The fourth-order valence-corrected chi connectivity index (χ4v) is 3.04. The lowest BCUT2D eigenvalue weighted by atomic mass is 9.87. The molecule has 0 bridgehead atoms. The normalized spacial score (nSPS) is 17.6. The molecule has 1 aliphatic rings. The topological polar surface area (TPSA) is 71.1 Å². The summed E-state index contributed by atoms with van der Waals surface area (Å²) in [5, 5.41) is 7.18. The molecule has 0 spiro atoms. The highest BCUT2D eigenvalue weighted by atomic mass is 16.5. The third-order valence-electron chi connectivity index (χ3n) is 4.57. The van der Waals surface area contributed by atoms with Crippen molar-refractivity contribution in [1.82, 2.24) is 20.1 Å². The molecule has 26 heavy (non-hydrogen) atoms. The van der Waals surface area contributed by atoms with Crippen LogP contribution >= 0.6 is 0 Å². The molecular weight excluding hydrogens is 328 g/mol. The molecule has 0 aliphatic carbocycles. The predicted molar refractivity (Wildman–Crippen MR) is 100.0 cm³/mol. The number of hydrogen-bond acceptors (Lipinski definition) is 4. The number of carbonyl (C=O) groups excluding carboxylic acids is 1. The Hall–Kier alpha value is -2.63. The fraction of sp³-hybridized carbons (Fsp3) is 0.450. The number of aromatic amines is 1. The molecule has 1 saturated heterocycles. The first-order valence-corrected chi connectivity index (χ1v) is 8.90. The highest BCUT2D eigenvalue weighted by Crippen LogP contribution is 2.26. The first-order chi connectivity index (χ1) is 12.4. The summed E-state index contributed by atoms with van der Waals surface area (Å²) in [5.41, 5.74) is 1.39. The number of H-pyrrole nitrogens is 1. The second-order valence-corrected chi connectivity index (χ2v) is 7.69. The van der Waals surface area contributed by atoms with Crippen molar-refractivity contribution in [3.63, 3.8) is 0 Å². The Morgan fingerprint density at radius 3 is 2.73 bits per heavy atom. The summed E-state index contributed by atoms with van der Waals surface area (Å²) in [6.45, 7) is 11.8. The van der Waals surface area contributed by atoms with Gasteiger partial charge in [-0.3, -0.25) is 9.89 Å². The van der Waals surface area contributed by atoms with Crippen molar-refractivity contribution in [2.75, 3.05) is 13.1 Å². The van der Waals surface area contributed by atoms with Crippen LogP contribution in [0.4, 0.5) is 0 Å². The summed E-state index contributed by atoms with van der Waals surface area (Å²) in [6, 6.07) is 8.11. The maximum atomic E-state index is 12.0. The van der Waals surface area contributed by atoms with Crippen LogP contribution in [0.3, 0.4) is 0 Å². The van der Waals surface area contributed by atoms with E-state index in [1.165, 1.54) is 5.56 Å². The zero-order valence-electron chi connectivity index (χ0n) is 15.7. The van der Waals surface area contributed by atoms with Crippen LogP contribution in [-0.2, 0) is 16.8 Å². The molecule has 1 aromatic heterocycles. The van der Waals surface area contributed by atoms with E-state index >= 15 is 0 Å². The summed E-state index contributed by atoms with van der Waals surface area (Å²) in [5.74, 6) is 2.28. The van der Waals surface area contributed by atoms with Gasteiger partial charge < -0.3 is 9.64 Å². The van der Waals surface area contributed by atoms with Gasteiger partial charge in [0.1, 0.15) is 12.4 Å². The van der Waals surface area contributed by atoms with Crippen molar-refractivity contribution in [3.05, 3.63) is 54.1 Å². The summed E-state index contributed by atoms with van der Waals surface area (Å²) in [6.07, 6.45) is 2.18. The summed E-state index contributed by atoms with van der Waals surface area (Å²) in [4.78, 5) is 18.2. The minimum Gasteiger partial charge on any atom is -0.486 e. The molecule has 0 radical (unpaired) electrons. The van der Waals surface area contributed by atoms with Crippen LogP contribution in [0.15, 0.2) is 36.9 Å². The Morgan fingerprint density at radius 2 is 2.08 bits per heavy atom. The maximum Gasteiger partial charge on any atom is 0.223 e. The molecule has 1 N–H and O–H groups in total. The average molecular weight is 354 g/mol. The van der Waals surface area contributed by atoms with Crippen molar-refractivity contribution in [2.24, 2.45) is 0 Å². The van der Waals surface area contributed by atoms with Gasteiger partial charge >= 0.3 is 0 Å². The van der Waals surface area contributed by atoms with Gasteiger partial charge in [-0.05, 0) is 23.1 Å². The van der Waals surface area contributed by atoms with Gasteiger partial charge in [-0.1, -0.05) is 39.0 Å². The van der Waals surface area contributed by atoms with E-state index in [9.17, 15) is 4.79 Å². The van der Waals surface area contributed by atoms with Gasteiger partial charge in [-0.25, -0.2) is 4.98 Å². The molecule has 6 nitrogen and oxygen atoms in total. The quantitative estimate of drug-likeness (QED) is 0.809. The standard InChI is InChI=1S/C20H26N4O2/c1-5-10-24-12-14(11-18(24)25)19-21-17(22-23-19)13-26-16-8-6-15(7-9-16)20(2,3)4/h5-9,14H,1,10-13H2,2-4H3,(H,21,22,23)/t14-/m1/s1. The number of rotatable bonds is 6. The molecule has 0 unspecified atom stereocenters. The Bertz CT molecular complexity index is 774. The number of likely N-dealkylation sites (tertiary alicyclic amines) is 1. The van der Waals surface area contributed by atoms with Gasteiger partial charge in [0.25, 0.3) is 0 Å². The van der Waals surface area contributed by atoms with Crippen LogP contribution in [0.2, 0.25) is 0 Å². The van der Waals surface area contributed by atoms with Gasteiger partial charge in [0, 0.05) is 25.4 Å². The molecule has 1 atom stereocenters. The molecule has 6 heteroatoms. The number of amides is 1. The monoisotopic (exact) mass is 354 g/mol. The third-order valence-corrected chi connectivity index (χ3v) is 4.57. The first kappa shape index (κ1) is 18.2. The number of nitrogens with one attached hydrogen (secondary N) is 1. The summed E-state index contributed by atoms with van der Waals surface area (Å²) in [7, 11) is 0. The van der Waals surface area contributed by atoms with E-state index < -0.39 is 0 Å². The smallest absolute Gasteiger partial charge is 0.223 e. The predicted octanol–water partition coefficient (Wildman–Crippen LogP) is 3.18. The summed E-state index contributed by atoms with van der Waals surface area (Å²) < 4.78 is 5.79. The third kappa shape index (κ3) is 4.12. The van der Waals surface area contributed by atoms with Crippen molar-refractivity contribution < 1.29 is 9.53 Å². The molecule has 1 aliphatic heterocycles. The van der Waals surface area contributed by atoms with Crippen LogP contribution < -0.4 is 4.74 Å². The van der Waals surface area contributed by atoms with Crippen molar-refractivity contribution in [3.8, 4) is 5.75 Å². The van der Waals surface area contributed by atoms with Crippen LogP contribution in [0.5, 0.6) is 5.75 Å². The van der Waals surface area contributed by atoms with E-state index in [0.29, 0.717) is 37.8 Å². The van der Waals surface area contributed by atoms with Crippen molar-refractivity contribution in [1.29, 1.82) is 0 Å². The largest absolute Gasteiger partial charge is 0.486 e. The minimum atomic E-state index is 0.0264. The lowest BCUT2D eigenvalue weighted by Crippen LogP contribution is -2.24. The van der Waals surface area contributed by atoms with E-state index in [1.54, 1.807) is 11.0 Å². The number of ether oxygens (including phenoxy) is 1. The number of aromatic nitrogens is 3.